The number of carbonyl (C=O) groups excluding carboxylic acids is 2. The summed E-state index contributed by atoms with van der Waals surface area (Å²) in [5, 5.41) is 12.6. The topological polar surface area (TPSA) is 97.0 Å². The smallest absolute Gasteiger partial charge is 0.301 e. The number of ether oxygens (including phenoxy) is 1. The summed E-state index contributed by atoms with van der Waals surface area (Å²) < 4.78 is 8.31. The minimum Gasteiger partial charge on any atom is -0.505 e. The lowest BCUT2D eigenvalue weighted by molar-refractivity contribution is -0.132. The maximum absolute atomic E-state index is 13.7. The van der Waals surface area contributed by atoms with Crippen LogP contribution in [0.4, 0.5) is 5.13 Å². The number of thiazole rings is 1. The van der Waals surface area contributed by atoms with Gasteiger partial charge in [0, 0.05) is 11.2 Å². The van der Waals surface area contributed by atoms with Gasteiger partial charge in [0.05, 0.1) is 34.1 Å². The van der Waals surface area contributed by atoms with E-state index < -0.39 is 17.7 Å². The van der Waals surface area contributed by atoms with E-state index in [2.05, 4.69) is 16.9 Å². The number of anilines is 1. The number of nitrogens with zero attached hydrogens (tertiary/aromatic N) is 4. The molecule has 0 spiro atoms. The highest BCUT2D eigenvalue weighted by atomic mass is 35.5. The number of imidazole rings is 1. The summed E-state index contributed by atoms with van der Waals surface area (Å²) in [6, 6.07) is 17.0. The Morgan fingerprint density at radius 2 is 1.90 bits per heavy atom. The Labute approximate surface area is 239 Å². The molecule has 1 fully saturated rings. The molecule has 0 bridgehead atoms. The number of aromatic nitrogens is 3. The molecule has 1 aliphatic rings. The summed E-state index contributed by atoms with van der Waals surface area (Å²) in [5.74, 6) is -1.18. The summed E-state index contributed by atoms with van der Waals surface area (Å²) >= 11 is 7.45. The van der Waals surface area contributed by atoms with Crippen molar-refractivity contribution in [2.75, 3.05) is 11.5 Å². The van der Waals surface area contributed by atoms with Gasteiger partial charge in [0.1, 0.15) is 17.1 Å². The van der Waals surface area contributed by atoms with Crippen molar-refractivity contribution in [3.8, 4) is 5.75 Å². The summed E-state index contributed by atoms with van der Waals surface area (Å²) in [4.78, 5) is 37.8. The molecule has 5 aromatic rings. The Bertz CT molecular complexity index is 1810. The number of carbonyl (C=O) groups is 2. The molecular formula is C30H25ClN4O4S. The molecule has 1 N–H and O–H groups in total. The van der Waals surface area contributed by atoms with Crippen LogP contribution in [0.1, 0.15) is 42.8 Å². The van der Waals surface area contributed by atoms with Gasteiger partial charge in [-0.25, -0.2) is 9.97 Å². The molecule has 1 saturated heterocycles. The highest BCUT2D eigenvalue weighted by molar-refractivity contribution is 7.22. The van der Waals surface area contributed by atoms with Gasteiger partial charge in [-0.05, 0) is 61.4 Å². The van der Waals surface area contributed by atoms with Gasteiger partial charge in [-0.3, -0.25) is 18.9 Å². The van der Waals surface area contributed by atoms with E-state index >= 15 is 0 Å². The molecule has 0 radical (unpaired) electrons. The number of ketones is 1. The van der Waals surface area contributed by atoms with E-state index in [0.717, 1.165) is 17.5 Å². The summed E-state index contributed by atoms with van der Waals surface area (Å²) in [6.45, 7) is 4.44. The van der Waals surface area contributed by atoms with Crippen LogP contribution in [-0.2, 0) is 9.59 Å². The van der Waals surface area contributed by atoms with Crippen molar-refractivity contribution in [3.63, 3.8) is 0 Å². The van der Waals surface area contributed by atoms with Crippen molar-refractivity contribution in [1.82, 2.24) is 14.4 Å². The lowest BCUT2D eigenvalue weighted by Gasteiger charge is -2.23. The molecule has 40 heavy (non-hydrogen) atoms. The number of benzene rings is 2. The molecule has 0 aliphatic carbocycles. The molecule has 6 rings (SSSR count). The lowest BCUT2D eigenvalue weighted by Crippen LogP contribution is -2.29. The average molecular weight is 573 g/mol. The van der Waals surface area contributed by atoms with Crippen LogP contribution in [0.3, 0.4) is 0 Å². The third-order valence-corrected chi connectivity index (χ3v) is 8.13. The van der Waals surface area contributed by atoms with Gasteiger partial charge in [-0.1, -0.05) is 54.5 Å². The van der Waals surface area contributed by atoms with Crippen LogP contribution in [0, 0.1) is 6.92 Å². The second-order valence-electron chi connectivity index (χ2n) is 9.52. The molecule has 8 nitrogen and oxygen atoms in total. The van der Waals surface area contributed by atoms with Crippen LogP contribution < -0.4 is 9.64 Å². The molecule has 202 valence electrons. The molecule has 1 aliphatic heterocycles. The van der Waals surface area contributed by atoms with Crippen molar-refractivity contribution < 1.29 is 19.4 Å². The van der Waals surface area contributed by atoms with Crippen molar-refractivity contribution >= 4 is 61.4 Å². The van der Waals surface area contributed by atoms with Gasteiger partial charge in [-0.15, -0.1) is 0 Å². The number of aliphatic hydroxyl groups is 1. The predicted octanol–water partition coefficient (Wildman–Crippen LogP) is 6.71. The number of aliphatic hydroxyl groups excluding tert-OH is 1. The third-order valence-electron chi connectivity index (χ3n) is 6.88. The maximum Gasteiger partial charge on any atom is 0.301 e. The fourth-order valence-corrected chi connectivity index (χ4v) is 6.21. The normalized spacial score (nSPS) is 16.9. The number of unbranched alkanes of at least 4 members (excludes halogenated alkanes) is 1. The SMILES string of the molecule is CCCCOc1ccc(C2C(=C(O)c3c(C)nc4ccccn34)C(=O)C(=O)N2c2nc3ccc(Cl)cc3s2)cc1. The second kappa shape index (κ2) is 10.4. The highest BCUT2D eigenvalue weighted by Gasteiger charge is 2.48. The molecule has 1 amide bonds. The zero-order valence-corrected chi connectivity index (χ0v) is 23.4. The molecule has 1 unspecified atom stereocenters. The molecule has 0 saturated carbocycles. The fraction of sp³-hybridized carbons (Fsp3) is 0.200. The van der Waals surface area contributed by atoms with Crippen LogP contribution in [-0.4, -0.2) is 37.8 Å². The second-order valence-corrected chi connectivity index (χ2v) is 11.0. The average Bonchev–Trinajstić information content (AvgIpc) is 3.59. The summed E-state index contributed by atoms with van der Waals surface area (Å²) in [7, 11) is 0. The van der Waals surface area contributed by atoms with Crippen LogP contribution in [0.15, 0.2) is 72.4 Å². The number of aryl methyl sites for hydroxylation is 1. The number of halogens is 1. The molecule has 1 atom stereocenters. The Morgan fingerprint density at radius 3 is 2.67 bits per heavy atom. The van der Waals surface area contributed by atoms with E-state index in [1.165, 1.54) is 16.2 Å². The van der Waals surface area contributed by atoms with Crippen LogP contribution in [0.2, 0.25) is 5.02 Å². The van der Waals surface area contributed by atoms with E-state index in [4.69, 9.17) is 16.3 Å². The minimum atomic E-state index is -0.922. The highest BCUT2D eigenvalue weighted by Crippen LogP contribution is 2.45. The molecule has 3 aromatic heterocycles. The van der Waals surface area contributed by atoms with E-state index in [0.29, 0.717) is 50.6 Å². The Hall–Kier alpha value is -4.21. The number of hydrogen-bond donors (Lipinski definition) is 1. The van der Waals surface area contributed by atoms with E-state index in [1.54, 1.807) is 35.7 Å². The lowest BCUT2D eigenvalue weighted by atomic mass is 9.96. The summed E-state index contributed by atoms with van der Waals surface area (Å²) in [5.41, 5.74) is 2.76. The third kappa shape index (κ3) is 4.41. The van der Waals surface area contributed by atoms with E-state index in [1.807, 2.05) is 42.5 Å². The molecule has 4 heterocycles. The fourth-order valence-electron chi connectivity index (χ4n) is 4.94. The molecule has 10 heteroatoms. The number of pyridine rings is 1. The largest absolute Gasteiger partial charge is 0.505 e. The van der Waals surface area contributed by atoms with Crippen LogP contribution >= 0.6 is 22.9 Å². The van der Waals surface area contributed by atoms with E-state index in [9.17, 15) is 14.7 Å². The van der Waals surface area contributed by atoms with Crippen LogP contribution in [0.25, 0.3) is 21.6 Å². The number of fused-ring (bicyclic) bond motifs is 2. The van der Waals surface area contributed by atoms with Crippen molar-refractivity contribution in [2.45, 2.75) is 32.7 Å². The van der Waals surface area contributed by atoms with Crippen LogP contribution in [0.5, 0.6) is 5.75 Å². The quantitative estimate of drug-likeness (QED) is 0.101. The van der Waals surface area contributed by atoms with E-state index in [-0.39, 0.29) is 11.3 Å². The van der Waals surface area contributed by atoms with Crippen molar-refractivity contribution in [2.24, 2.45) is 0 Å². The van der Waals surface area contributed by atoms with Gasteiger partial charge in [-0.2, -0.15) is 0 Å². The first kappa shape index (κ1) is 26.0. The van der Waals surface area contributed by atoms with Crippen molar-refractivity contribution in [3.05, 3.63) is 94.4 Å². The first-order valence-electron chi connectivity index (χ1n) is 12.9. The number of hydrogen-bond acceptors (Lipinski definition) is 7. The standard InChI is InChI=1S/C30H25ClN4O4S/c1-3-4-15-39-20-11-8-18(9-12-20)26-24(27(36)25-17(2)32-23-7-5-6-14-34(23)25)28(37)29(38)35(26)30-33-21-13-10-19(31)16-22(21)40-30/h5-14,16,26,36H,3-4,15H2,1-2H3. The van der Waals surface area contributed by atoms with Gasteiger partial charge >= 0.3 is 5.91 Å². The Morgan fingerprint density at radius 1 is 1.10 bits per heavy atom. The van der Waals surface area contributed by atoms with Gasteiger partial charge in [0.25, 0.3) is 5.78 Å². The molecular weight excluding hydrogens is 548 g/mol. The number of amides is 1. The zero-order valence-electron chi connectivity index (χ0n) is 21.8. The first-order valence-corrected chi connectivity index (χ1v) is 14.1. The summed E-state index contributed by atoms with van der Waals surface area (Å²) in [6.07, 6.45) is 3.71. The Balaban J connectivity index is 1.53. The predicted molar refractivity (Wildman–Crippen MR) is 156 cm³/mol. The Kier molecular flexibility index (Phi) is 6.77. The van der Waals surface area contributed by atoms with Gasteiger partial charge in [0.2, 0.25) is 0 Å². The number of Topliss-reactive ketones (excluding diaryl/α,β-unsaturated/α-hetero) is 1. The van der Waals surface area contributed by atoms with Crippen molar-refractivity contribution in [1.29, 1.82) is 0 Å². The number of rotatable bonds is 7. The molecule has 2 aromatic carbocycles. The monoisotopic (exact) mass is 572 g/mol. The minimum absolute atomic E-state index is 0.0318. The van der Waals surface area contributed by atoms with Gasteiger partial charge in [0.15, 0.2) is 10.9 Å². The first-order chi connectivity index (χ1) is 19.4. The van der Waals surface area contributed by atoms with Gasteiger partial charge < -0.3 is 9.84 Å². The maximum atomic E-state index is 13.7. The zero-order chi connectivity index (χ0) is 28.0.